The largest absolute Gasteiger partial charge is 0.298 e. The second-order valence-electron chi connectivity index (χ2n) is 1.91. The monoisotopic (exact) mass is 120 g/mol. The van der Waals surface area contributed by atoms with Gasteiger partial charge in [-0.3, -0.25) is 4.79 Å². The first-order valence-corrected chi connectivity index (χ1v) is 2.86. The molecule has 0 aromatic heterocycles. The standard InChI is InChI=1S/C8H8O/c1-2-7-4-3-5-8(7)6-9/h2-4,6H,1,5H2. The summed E-state index contributed by atoms with van der Waals surface area (Å²) < 4.78 is 0. The molecule has 0 aliphatic heterocycles. The minimum absolute atomic E-state index is 0.769. The van der Waals surface area contributed by atoms with Crippen molar-refractivity contribution < 1.29 is 4.79 Å². The molecule has 0 bridgehead atoms. The van der Waals surface area contributed by atoms with Crippen molar-refractivity contribution in [3.8, 4) is 0 Å². The molecule has 0 N–H and O–H groups in total. The Bertz CT molecular complexity index is 197. The van der Waals surface area contributed by atoms with Crippen LogP contribution in [0.1, 0.15) is 6.42 Å². The molecule has 0 unspecified atom stereocenters. The number of hydrogen-bond acceptors (Lipinski definition) is 1. The molecular formula is C8H8O. The van der Waals surface area contributed by atoms with Gasteiger partial charge in [-0.25, -0.2) is 0 Å². The van der Waals surface area contributed by atoms with Crippen molar-refractivity contribution in [3.63, 3.8) is 0 Å². The third-order valence-electron chi connectivity index (χ3n) is 1.37. The molecule has 0 amide bonds. The third kappa shape index (κ3) is 0.992. The lowest BCUT2D eigenvalue weighted by atomic mass is 10.2. The van der Waals surface area contributed by atoms with E-state index >= 15 is 0 Å². The molecule has 0 fully saturated rings. The first-order chi connectivity index (χ1) is 4.38. The van der Waals surface area contributed by atoms with Crippen LogP contribution >= 0.6 is 0 Å². The van der Waals surface area contributed by atoms with Gasteiger partial charge in [-0.15, -0.1) is 0 Å². The zero-order chi connectivity index (χ0) is 6.69. The van der Waals surface area contributed by atoms with E-state index in [1.54, 1.807) is 6.08 Å². The summed E-state index contributed by atoms with van der Waals surface area (Å²) in [6, 6.07) is 0. The maximum atomic E-state index is 10.2. The minimum atomic E-state index is 0.769. The van der Waals surface area contributed by atoms with Crippen molar-refractivity contribution >= 4 is 6.29 Å². The second-order valence-corrected chi connectivity index (χ2v) is 1.91. The fraction of sp³-hybridized carbons (Fsp3) is 0.125. The number of aldehydes is 1. The van der Waals surface area contributed by atoms with Gasteiger partial charge in [0.05, 0.1) is 0 Å². The van der Waals surface area contributed by atoms with Crippen LogP contribution in [-0.2, 0) is 4.79 Å². The Hall–Kier alpha value is -1.11. The van der Waals surface area contributed by atoms with Crippen molar-refractivity contribution in [1.29, 1.82) is 0 Å². The molecule has 1 heteroatoms. The summed E-state index contributed by atoms with van der Waals surface area (Å²) in [7, 11) is 0. The number of allylic oxidation sites excluding steroid dienone is 5. The molecule has 1 nitrogen and oxygen atoms in total. The predicted octanol–water partition coefficient (Wildman–Crippen LogP) is 1.63. The molecule has 0 radical (unpaired) electrons. The van der Waals surface area contributed by atoms with Crippen LogP contribution in [0.2, 0.25) is 0 Å². The van der Waals surface area contributed by atoms with Crippen LogP contribution in [0, 0.1) is 0 Å². The summed E-state index contributed by atoms with van der Waals surface area (Å²) in [4.78, 5) is 10.2. The molecule has 0 heterocycles. The molecule has 1 rings (SSSR count). The minimum Gasteiger partial charge on any atom is -0.298 e. The van der Waals surface area contributed by atoms with Gasteiger partial charge in [-0.2, -0.15) is 0 Å². The van der Waals surface area contributed by atoms with Crippen molar-refractivity contribution in [2.75, 3.05) is 0 Å². The van der Waals surface area contributed by atoms with E-state index in [0.717, 1.165) is 23.9 Å². The number of rotatable bonds is 2. The molecule has 0 spiro atoms. The molecule has 0 saturated carbocycles. The lowest BCUT2D eigenvalue weighted by Gasteiger charge is -1.88. The Morgan fingerprint density at radius 1 is 1.67 bits per heavy atom. The highest BCUT2D eigenvalue weighted by Gasteiger charge is 2.02. The number of carbonyl (C=O) groups excluding carboxylic acids is 1. The van der Waals surface area contributed by atoms with E-state index < -0.39 is 0 Å². The lowest BCUT2D eigenvalue weighted by Crippen LogP contribution is -1.80. The van der Waals surface area contributed by atoms with Crippen molar-refractivity contribution in [1.82, 2.24) is 0 Å². The van der Waals surface area contributed by atoms with Gasteiger partial charge in [-0.05, 0) is 12.0 Å². The van der Waals surface area contributed by atoms with Crippen molar-refractivity contribution in [3.05, 3.63) is 36.0 Å². The van der Waals surface area contributed by atoms with Crippen LogP contribution in [0.4, 0.5) is 0 Å². The maximum Gasteiger partial charge on any atom is 0.146 e. The van der Waals surface area contributed by atoms with Crippen LogP contribution < -0.4 is 0 Å². The van der Waals surface area contributed by atoms with Gasteiger partial charge in [0.2, 0.25) is 0 Å². The highest BCUT2D eigenvalue weighted by Crippen LogP contribution is 2.16. The van der Waals surface area contributed by atoms with Gasteiger partial charge >= 0.3 is 0 Å². The quantitative estimate of drug-likeness (QED) is 0.506. The van der Waals surface area contributed by atoms with Gasteiger partial charge < -0.3 is 0 Å². The Kier molecular flexibility index (Phi) is 1.63. The second kappa shape index (κ2) is 2.44. The Morgan fingerprint density at radius 3 is 2.89 bits per heavy atom. The zero-order valence-electron chi connectivity index (χ0n) is 5.13. The summed E-state index contributed by atoms with van der Waals surface area (Å²) in [5, 5.41) is 0. The van der Waals surface area contributed by atoms with Gasteiger partial charge in [0.1, 0.15) is 6.29 Å². The molecule has 9 heavy (non-hydrogen) atoms. The Labute approximate surface area is 54.4 Å². The summed E-state index contributed by atoms with van der Waals surface area (Å²) in [5.74, 6) is 0. The van der Waals surface area contributed by atoms with Crippen LogP contribution in [0.3, 0.4) is 0 Å². The van der Waals surface area contributed by atoms with Crippen molar-refractivity contribution in [2.24, 2.45) is 0 Å². The summed E-state index contributed by atoms with van der Waals surface area (Å²) in [5.41, 5.74) is 1.80. The average molecular weight is 120 g/mol. The molecule has 1 aliphatic carbocycles. The molecule has 0 atom stereocenters. The summed E-state index contributed by atoms with van der Waals surface area (Å²) >= 11 is 0. The Balaban J connectivity index is 2.91. The Morgan fingerprint density at radius 2 is 2.44 bits per heavy atom. The van der Waals surface area contributed by atoms with Crippen LogP contribution in [0.25, 0.3) is 0 Å². The number of hydrogen-bond donors (Lipinski definition) is 0. The van der Waals surface area contributed by atoms with Gasteiger partial charge in [0.15, 0.2) is 0 Å². The molecule has 0 saturated heterocycles. The van der Waals surface area contributed by atoms with Crippen LogP contribution in [0.15, 0.2) is 36.0 Å². The molecule has 1 aliphatic rings. The fourth-order valence-electron chi connectivity index (χ4n) is 0.853. The van der Waals surface area contributed by atoms with E-state index in [4.69, 9.17) is 0 Å². The molecule has 0 aromatic rings. The highest BCUT2D eigenvalue weighted by molar-refractivity contribution is 5.78. The zero-order valence-corrected chi connectivity index (χ0v) is 5.13. The SMILES string of the molecule is C=CC1=C(C=O)CC=C1. The topological polar surface area (TPSA) is 17.1 Å². The summed E-state index contributed by atoms with van der Waals surface area (Å²) in [6.07, 6.45) is 7.23. The normalized spacial score (nSPS) is 16.4. The highest BCUT2D eigenvalue weighted by atomic mass is 16.1. The van der Waals surface area contributed by atoms with E-state index in [1.807, 2.05) is 12.2 Å². The van der Waals surface area contributed by atoms with E-state index in [0.29, 0.717) is 0 Å². The van der Waals surface area contributed by atoms with Crippen LogP contribution in [-0.4, -0.2) is 6.29 Å². The summed E-state index contributed by atoms with van der Waals surface area (Å²) in [6.45, 7) is 3.57. The maximum absolute atomic E-state index is 10.2. The molecule has 46 valence electrons. The number of carbonyl (C=O) groups is 1. The van der Waals surface area contributed by atoms with Gasteiger partial charge in [-0.1, -0.05) is 24.8 Å². The van der Waals surface area contributed by atoms with E-state index in [9.17, 15) is 4.79 Å². The van der Waals surface area contributed by atoms with E-state index in [1.165, 1.54) is 0 Å². The third-order valence-corrected chi connectivity index (χ3v) is 1.37. The lowest BCUT2D eigenvalue weighted by molar-refractivity contribution is -0.105. The van der Waals surface area contributed by atoms with E-state index in [-0.39, 0.29) is 0 Å². The van der Waals surface area contributed by atoms with Gasteiger partial charge in [0, 0.05) is 5.57 Å². The van der Waals surface area contributed by atoms with E-state index in [2.05, 4.69) is 6.58 Å². The first kappa shape index (κ1) is 6.02. The first-order valence-electron chi connectivity index (χ1n) is 2.86. The van der Waals surface area contributed by atoms with Crippen LogP contribution in [0.5, 0.6) is 0 Å². The van der Waals surface area contributed by atoms with Gasteiger partial charge in [0.25, 0.3) is 0 Å². The fourth-order valence-corrected chi connectivity index (χ4v) is 0.853. The molecular weight excluding hydrogens is 112 g/mol. The smallest absolute Gasteiger partial charge is 0.146 e. The molecule has 0 aromatic carbocycles. The van der Waals surface area contributed by atoms with Crippen molar-refractivity contribution in [2.45, 2.75) is 6.42 Å². The average Bonchev–Trinajstić information content (AvgIpc) is 2.33. The predicted molar refractivity (Wildman–Crippen MR) is 37.0 cm³/mol.